The number of rotatable bonds is 12. The molecule has 30 heavy (non-hydrogen) atoms. The van der Waals surface area contributed by atoms with Crippen LogP contribution < -0.4 is 0 Å². The van der Waals surface area contributed by atoms with Crippen LogP contribution in [0.5, 0.6) is 0 Å². The summed E-state index contributed by atoms with van der Waals surface area (Å²) in [6.07, 6.45) is -0.371. The smallest absolute Gasteiger partial charge is 0.371 e. The van der Waals surface area contributed by atoms with Gasteiger partial charge >= 0.3 is 14.8 Å². The van der Waals surface area contributed by atoms with E-state index in [1.807, 2.05) is 83.1 Å². The maximum Gasteiger partial charge on any atom is 0.505 e. The van der Waals surface area contributed by atoms with E-state index in [-0.39, 0.29) is 36.6 Å². The zero-order valence-electron chi connectivity index (χ0n) is 21.2. The molecule has 1 fully saturated rings. The molecule has 0 bridgehead atoms. The fourth-order valence-electron chi connectivity index (χ4n) is 3.64. The molecule has 0 aromatic heterocycles. The van der Waals surface area contributed by atoms with E-state index < -0.39 is 20.6 Å². The van der Waals surface area contributed by atoms with E-state index in [1.165, 1.54) is 0 Å². The van der Waals surface area contributed by atoms with Crippen LogP contribution >= 0.6 is 0 Å². The summed E-state index contributed by atoms with van der Waals surface area (Å²) in [4.78, 5) is 0. The second kappa shape index (κ2) is 11.2. The highest BCUT2D eigenvalue weighted by Crippen LogP contribution is 2.49. The Labute approximate surface area is 185 Å². The summed E-state index contributed by atoms with van der Waals surface area (Å²) in [5.74, 6) is -2.89. The lowest BCUT2D eigenvalue weighted by Crippen LogP contribution is -2.73. The summed E-state index contributed by atoms with van der Waals surface area (Å²) in [7, 11) is -3.18. The fraction of sp³-hybridized carbons (Fsp3) is 1.00. The summed E-state index contributed by atoms with van der Waals surface area (Å²) < 4.78 is 45.1. The van der Waals surface area contributed by atoms with Gasteiger partial charge in [0.25, 0.3) is 5.79 Å². The van der Waals surface area contributed by atoms with Crippen LogP contribution in [-0.4, -0.2) is 57.2 Å². The maximum absolute atomic E-state index is 6.72. The molecular weight excluding hydrogens is 404 g/mol. The minimum absolute atomic E-state index is 0.0734. The van der Waals surface area contributed by atoms with Crippen LogP contribution in [-0.2, 0) is 32.2 Å². The molecule has 1 saturated heterocycles. The molecule has 0 aromatic rings. The predicted octanol–water partition coefficient (Wildman–Crippen LogP) is 5.25. The Morgan fingerprint density at radius 3 is 1.23 bits per heavy atom. The third-order valence-corrected chi connectivity index (χ3v) is 7.08. The third-order valence-electron chi connectivity index (χ3n) is 3.98. The van der Waals surface area contributed by atoms with E-state index in [0.29, 0.717) is 12.5 Å². The van der Waals surface area contributed by atoms with Gasteiger partial charge < -0.3 is 32.2 Å². The SMILES string of the molecule is CC(C)OC1(OC(C)C)CC[Si](OC(C)C)(OC(C)C)OC1(OC(C)C)OC(C)C. The van der Waals surface area contributed by atoms with E-state index in [9.17, 15) is 0 Å². The summed E-state index contributed by atoms with van der Waals surface area (Å²) in [5.41, 5.74) is 0. The van der Waals surface area contributed by atoms with Crippen molar-refractivity contribution < 1.29 is 32.2 Å². The van der Waals surface area contributed by atoms with Crippen LogP contribution in [0.2, 0.25) is 6.04 Å². The van der Waals surface area contributed by atoms with Crippen LogP contribution in [0.1, 0.15) is 89.5 Å². The fourth-order valence-corrected chi connectivity index (χ4v) is 6.87. The van der Waals surface area contributed by atoms with Crippen molar-refractivity contribution in [2.75, 3.05) is 0 Å². The molecule has 0 amide bonds. The summed E-state index contributed by atoms with van der Waals surface area (Å²) in [6, 6.07) is 0.535. The molecule has 1 heterocycles. The lowest BCUT2D eigenvalue weighted by atomic mass is 10.1. The van der Waals surface area contributed by atoms with Crippen LogP contribution in [0.4, 0.5) is 0 Å². The largest absolute Gasteiger partial charge is 0.505 e. The summed E-state index contributed by atoms with van der Waals surface area (Å²) in [6.45, 7) is 23.5. The topological polar surface area (TPSA) is 64.6 Å². The van der Waals surface area contributed by atoms with Gasteiger partial charge in [-0.15, -0.1) is 0 Å². The van der Waals surface area contributed by atoms with Crippen LogP contribution in [0.25, 0.3) is 0 Å². The Morgan fingerprint density at radius 1 is 0.567 bits per heavy atom. The van der Waals surface area contributed by atoms with E-state index in [0.717, 1.165) is 0 Å². The Kier molecular flexibility index (Phi) is 10.4. The first-order chi connectivity index (χ1) is 13.7. The van der Waals surface area contributed by atoms with Gasteiger partial charge in [0.05, 0.1) is 24.4 Å². The Balaban J connectivity index is 3.64. The zero-order chi connectivity index (χ0) is 23.3. The van der Waals surface area contributed by atoms with Crippen LogP contribution in [0.15, 0.2) is 0 Å². The Morgan fingerprint density at radius 2 is 0.933 bits per heavy atom. The monoisotopic (exact) mass is 450 g/mol. The van der Waals surface area contributed by atoms with Crippen molar-refractivity contribution in [2.24, 2.45) is 0 Å². The molecule has 0 radical (unpaired) electrons. The van der Waals surface area contributed by atoms with Crippen LogP contribution in [0, 0.1) is 0 Å². The second-order valence-corrected chi connectivity index (χ2v) is 12.1. The third kappa shape index (κ3) is 7.51. The average molecular weight is 451 g/mol. The highest BCUT2D eigenvalue weighted by molar-refractivity contribution is 6.61. The van der Waals surface area contributed by atoms with Gasteiger partial charge in [0.1, 0.15) is 0 Å². The molecule has 7 nitrogen and oxygen atoms in total. The van der Waals surface area contributed by atoms with E-state index in [4.69, 9.17) is 32.2 Å². The molecule has 1 rings (SSSR count). The molecule has 0 aliphatic carbocycles. The molecule has 0 saturated carbocycles. The van der Waals surface area contributed by atoms with Crippen molar-refractivity contribution in [1.29, 1.82) is 0 Å². The molecule has 0 spiro atoms. The van der Waals surface area contributed by atoms with E-state index >= 15 is 0 Å². The molecule has 0 aromatic carbocycles. The van der Waals surface area contributed by atoms with Crippen molar-refractivity contribution in [1.82, 2.24) is 0 Å². The second-order valence-electron chi connectivity index (χ2n) is 9.59. The highest BCUT2D eigenvalue weighted by Gasteiger charge is 2.70. The number of ether oxygens (including phenoxy) is 4. The molecule has 0 atom stereocenters. The summed E-state index contributed by atoms with van der Waals surface area (Å²) >= 11 is 0. The minimum atomic E-state index is -3.18. The van der Waals surface area contributed by atoms with Crippen molar-refractivity contribution in [3.63, 3.8) is 0 Å². The quantitative estimate of drug-likeness (QED) is 0.297. The number of hydrogen-bond acceptors (Lipinski definition) is 7. The number of hydrogen-bond donors (Lipinski definition) is 0. The average Bonchev–Trinajstić information content (AvgIpc) is 2.47. The zero-order valence-corrected chi connectivity index (χ0v) is 22.2. The lowest BCUT2D eigenvalue weighted by Gasteiger charge is -2.56. The molecule has 0 unspecified atom stereocenters. The first-order valence-corrected chi connectivity index (χ1v) is 13.4. The van der Waals surface area contributed by atoms with E-state index in [2.05, 4.69) is 0 Å². The van der Waals surface area contributed by atoms with Crippen molar-refractivity contribution in [3.8, 4) is 0 Å². The normalized spacial score (nSPS) is 21.0. The lowest BCUT2D eigenvalue weighted by molar-refractivity contribution is -0.511. The van der Waals surface area contributed by atoms with E-state index in [1.54, 1.807) is 0 Å². The molecule has 1 aliphatic rings. The van der Waals surface area contributed by atoms with Gasteiger partial charge in [0.2, 0.25) is 0 Å². The van der Waals surface area contributed by atoms with Gasteiger partial charge in [-0.05, 0) is 83.1 Å². The van der Waals surface area contributed by atoms with Crippen molar-refractivity contribution >= 4 is 8.80 Å². The van der Waals surface area contributed by atoms with Gasteiger partial charge in [0, 0.05) is 24.7 Å². The van der Waals surface area contributed by atoms with Gasteiger partial charge in [-0.25, -0.2) is 0 Å². The van der Waals surface area contributed by atoms with Gasteiger partial charge in [0.15, 0.2) is 0 Å². The standard InChI is InChI=1S/C22H46O7Si/c1-15(2)23-21(24-16(3)4)13-14-30(27-19(9)10,28-20(11)12)29-22(21,25-17(5)6)26-18(7)8/h15-20H,13-14H2,1-12H3. The molecular formula is C22H46O7Si. The van der Waals surface area contributed by atoms with Crippen molar-refractivity contribution in [2.45, 2.75) is 144 Å². The first-order valence-electron chi connectivity index (χ1n) is 11.4. The van der Waals surface area contributed by atoms with Crippen LogP contribution in [0.3, 0.4) is 0 Å². The molecule has 180 valence electrons. The Bertz CT molecular complexity index is 476. The van der Waals surface area contributed by atoms with Crippen molar-refractivity contribution in [3.05, 3.63) is 0 Å². The molecule has 0 N–H and O–H groups in total. The highest BCUT2D eigenvalue weighted by atomic mass is 28.4. The predicted molar refractivity (Wildman–Crippen MR) is 119 cm³/mol. The van der Waals surface area contributed by atoms with Gasteiger partial charge in [-0.1, -0.05) is 0 Å². The van der Waals surface area contributed by atoms with Gasteiger partial charge in [-0.2, -0.15) is 0 Å². The van der Waals surface area contributed by atoms with Gasteiger partial charge in [-0.3, -0.25) is 0 Å². The maximum atomic E-state index is 6.72. The first kappa shape index (κ1) is 28.0. The summed E-state index contributed by atoms with van der Waals surface area (Å²) in [5, 5.41) is 0. The Hall–Kier alpha value is -0.0631. The molecule has 1 aliphatic heterocycles. The minimum Gasteiger partial charge on any atom is -0.371 e. The molecule has 8 heteroatoms.